The Balaban J connectivity index is 1.46. The van der Waals surface area contributed by atoms with Gasteiger partial charge in [-0.05, 0) is 52.0 Å². The second-order valence-corrected chi connectivity index (χ2v) is 9.73. The van der Waals surface area contributed by atoms with Gasteiger partial charge in [-0.15, -0.1) is 0 Å². The van der Waals surface area contributed by atoms with Crippen molar-refractivity contribution >= 4 is 11.4 Å². The maximum Gasteiger partial charge on any atom is 0.205 e. The number of halogens is 2. The number of aryl methyl sites for hydroxylation is 2. The van der Waals surface area contributed by atoms with Crippen LogP contribution in [0.15, 0.2) is 47.1 Å². The van der Waals surface area contributed by atoms with Gasteiger partial charge in [0.05, 0.1) is 30.7 Å². The molecule has 0 spiro atoms. The lowest BCUT2D eigenvalue weighted by atomic mass is 9.82. The first-order chi connectivity index (χ1) is 17.6. The summed E-state index contributed by atoms with van der Waals surface area (Å²) in [7, 11) is 0. The Morgan fingerprint density at radius 2 is 1.81 bits per heavy atom. The second-order valence-electron chi connectivity index (χ2n) is 9.73. The average Bonchev–Trinajstić information content (AvgIpc) is 3.43. The molecule has 0 N–H and O–H groups in total. The van der Waals surface area contributed by atoms with Crippen LogP contribution < -0.4 is 4.74 Å². The molecule has 194 valence electrons. The Kier molecular flexibility index (Phi) is 6.33. The fourth-order valence-corrected chi connectivity index (χ4v) is 4.42. The van der Waals surface area contributed by atoms with Crippen LogP contribution in [0.5, 0.6) is 5.75 Å². The van der Waals surface area contributed by atoms with E-state index < -0.39 is 22.8 Å². The number of pyridine rings is 1. The fourth-order valence-electron chi connectivity index (χ4n) is 4.42. The number of imidazole rings is 1. The van der Waals surface area contributed by atoms with Crippen molar-refractivity contribution in [3.05, 3.63) is 83.0 Å². The number of rotatable bonds is 7. The summed E-state index contributed by atoms with van der Waals surface area (Å²) >= 11 is 0. The van der Waals surface area contributed by atoms with Crippen molar-refractivity contribution in [2.24, 2.45) is 0 Å². The third-order valence-corrected chi connectivity index (χ3v) is 6.45. The molecule has 0 bridgehead atoms. The van der Waals surface area contributed by atoms with Crippen molar-refractivity contribution < 1.29 is 32.2 Å². The van der Waals surface area contributed by atoms with Crippen LogP contribution in [0.3, 0.4) is 0 Å². The van der Waals surface area contributed by atoms with Gasteiger partial charge in [-0.3, -0.25) is 9.20 Å². The molecule has 0 saturated carbocycles. The molecule has 4 aromatic rings. The van der Waals surface area contributed by atoms with E-state index in [2.05, 4.69) is 9.97 Å². The zero-order chi connectivity index (χ0) is 26.4. The minimum Gasteiger partial charge on any atom is -0.485 e. The normalized spacial score (nSPS) is 16.7. The van der Waals surface area contributed by atoms with Gasteiger partial charge in [-0.1, -0.05) is 6.07 Å². The lowest BCUT2D eigenvalue weighted by Gasteiger charge is -2.41. The van der Waals surface area contributed by atoms with E-state index in [1.165, 1.54) is 18.2 Å². The first-order valence-corrected chi connectivity index (χ1v) is 11.9. The molecule has 1 aliphatic heterocycles. The molecule has 1 aliphatic rings. The van der Waals surface area contributed by atoms with E-state index in [9.17, 15) is 13.6 Å². The SMILES string of the molecule is Cc1cnc(C2(CC(=O)c3c(C)nc4c(OCc5c(F)cccc5F)cccn34)COC(C)(C)OC2)o1. The van der Waals surface area contributed by atoms with Crippen LogP contribution in [-0.2, 0) is 21.5 Å². The van der Waals surface area contributed by atoms with Crippen molar-refractivity contribution in [2.45, 2.75) is 51.9 Å². The number of oxazole rings is 1. The number of benzene rings is 1. The smallest absolute Gasteiger partial charge is 0.205 e. The summed E-state index contributed by atoms with van der Waals surface area (Å²) in [4.78, 5) is 22.7. The van der Waals surface area contributed by atoms with Crippen LogP contribution in [0.2, 0.25) is 0 Å². The number of carbonyl (C=O) groups excluding carboxylic acids is 1. The van der Waals surface area contributed by atoms with Crippen molar-refractivity contribution in [3.63, 3.8) is 0 Å². The van der Waals surface area contributed by atoms with Crippen LogP contribution in [-0.4, -0.2) is 39.2 Å². The van der Waals surface area contributed by atoms with E-state index in [0.717, 1.165) is 0 Å². The minimum atomic E-state index is -0.923. The maximum atomic E-state index is 14.1. The van der Waals surface area contributed by atoms with Crippen molar-refractivity contribution in [1.82, 2.24) is 14.4 Å². The van der Waals surface area contributed by atoms with Gasteiger partial charge >= 0.3 is 0 Å². The summed E-state index contributed by atoms with van der Waals surface area (Å²) in [5, 5.41) is 0. The van der Waals surface area contributed by atoms with Crippen LogP contribution >= 0.6 is 0 Å². The van der Waals surface area contributed by atoms with Crippen molar-refractivity contribution in [3.8, 4) is 5.75 Å². The van der Waals surface area contributed by atoms with E-state index in [-0.39, 0.29) is 43.3 Å². The van der Waals surface area contributed by atoms with Gasteiger partial charge in [0.2, 0.25) is 5.89 Å². The van der Waals surface area contributed by atoms with Crippen molar-refractivity contribution in [2.75, 3.05) is 13.2 Å². The Morgan fingerprint density at radius 3 is 2.46 bits per heavy atom. The summed E-state index contributed by atoms with van der Waals surface area (Å²) in [6, 6.07) is 6.95. The predicted molar refractivity (Wildman–Crippen MR) is 128 cm³/mol. The molecule has 1 saturated heterocycles. The highest BCUT2D eigenvalue weighted by Crippen LogP contribution is 2.37. The molecule has 3 aromatic heterocycles. The molecule has 0 amide bonds. The number of Topliss-reactive ketones (excluding diaryl/α,β-unsaturated/α-hetero) is 1. The first-order valence-electron chi connectivity index (χ1n) is 11.9. The van der Waals surface area contributed by atoms with Crippen LogP contribution in [0, 0.1) is 25.5 Å². The van der Waals surface area contributed by atoms with Gasteiger partial charge in [-0.2, -0.15) is 0 Å². The van der Waals surface area contributed by atoms with Gasteiger partial charge in [0.1, 0.15) is 35.1 Å². The summed E-state index contributed by atoms with van der Waals surface area (Å²) in [5.74, 6) is -1.13. The highest BCUT2D eigenvalue weighted by molar-refractivity contribution is 5.97. The first kappa shape index (κ1) is 25.0. The van der Waals surface area contributed by atoms with E-state index in [4.69, 9.17) is 18.6 Å². The van der Waals surface area contributed by atoms with E-state index >= 15 is 0 Å². The van der Waals surface area contributed by atoms with Gasteiger partial charge in [0.25, 0.3) is 0 Å². The third-order valence-electron chi connectivity index (χ3n) is 6.45. The van der Waals surface area contributed by atoms with Gasteiger partial charge in [0.15, 0.2) is 23.0 Å². The number of fused-ring (bicyclic) bond motifs is 1. The van der Waals surface area contributed by atoms with Crippen molar-refractivity contribution in [1.29, 1.82) is 0 Å². The molecule has 0 aliphatic carbocycles. The summed E-state index contributed by atoms with van der Waals surface area (Å²) in [6.07, 6.45) is 3.30. The van der Waals surface area contributed by atoms with Crippen LogP contribution in [0.25, 0.3) is 5.65 Å². The Morgan fingerprint density at radius 1 is 1.11 bits per heavy atom. The molecular weight excluding hydrogens is 484 g/mol. The average molecular weight is 512 g/mol. The second kappa shape index (κ2) is 9.35. The predicted octanol–water partition coefficient (Wildman–Crippen LogP) is 5.09. The molecule has 5 rings (SSSR count). The zero-order valence-electron chi connectivity index (χ0n) is 21.0. The van der Waals surface area contributed by atoms with E-state index in [1.54, 1.807) is 42.8 Å². The molecule has 1 aromatic carbocycles. The molecule has 1 fully saturated rings. The standard InChI is InChI=1S/C27H27F2N3O5/c1-16-12-30-25(37-16)27(14-35-26(3,4)36-15-27)11-21(33)23-17(2)31-24-22(9-6-10-32(23)24)34-13-18-19(28)7-5-8-20(18)29/h5-10,12H,11,13-15H2,1-4H3. The third kappa shape index (κ3) is 4.74. The largest absolute Gasteiger partial charge is 0.485 e. The summed E-state index contributed by atoms with van der Waals surface area (Å²) < 4.78 is 53.1. The Hall–Kier alpha value is -3.63. The molecule has 37 heavy (non-hydrogen) atoms. The van der Waals surface area contributed by atoms with Crippen LogP contribution in [0.4, 0.5) is 8.78 Å². The topological polar surface area (TPSA) is 88.1 Å². The molecule has 0 atom stereocenters. The summed E-state index contributed by atoms with van der Waals surface area (Å²) in [5.41, 5.74) is 0.0826. The zero-order valence-corrected chi connectivity index (χ0v) is 21.0. The number of hydrogen-bond donors (Lipinski definition) is 0. The number of nitrogens with zero attached hydrogens (tertiary/aromatic N) is 3. The highest BCUT2D eigenvalue weighted by Gasteiger charge is 2.47. The number of ketones is 1. The highest BCUT2D eigenvalue weighted by atomic mass is 19.1. The number of aromatic nitrogens is 3. The molecule has 4 heterocycles. The lowest BCUT2D eigenvalue weighted by Crippen LogP contribution is -2.50. The van der Waals surface area contributed by atoms with Gasteiger partial charge in [0, 0.05) is 12.6 Å². The molecular formula is C27H27F2N3O5. The minimum absolute atomic E-state index is 0.00316. The van der Waals surface area contributed by atoms with Crippen LogP contribution in [0.1, 0.15) is 53.7 Å². The quantitative estimate of drug-likeness (QED) is 0.319. The number of ether oxygens (including phenoxy) is 3. The number of hydrogen-bond acceptors (Lipinski definition) is 7. The molecule has 0 unspecified atom stereocenters. The number of carbonyl (C=O) groups is 1. The fraction of sp³-hybridized carbons (Fsp3) is 0.370. The Labute approximate surface area is 212 Å². The molecule has 10 heteroatoms. The van der Waals surface area contributed by atoms with E-state index in [0.29, 0.717) is 28.7 Å². The van der Waals surface area contributed by atoms with E-state index in [1.807, 2.05) is 13.8 Å². The maximum absolute atomic E-state index is 14.1. The molecule has 8 nitrogen and oxygen atoms in total. The lowest BCUT2D eigenvalue weighted by molar-refractivity contribution is -0.271. The summed E-state index contributed by atoms with van der Waals surface area (Å²) in [6.45, 7) is 7.16. The Bertz CT molecular complexity index is 1450. The molecule has 0 radical (unpaired) electrons. The van der Waals surface area contributed by atoms with Gasteiger partial charge < -0.3 is 18.6 Å². The van der Waals surface area contributed by atoms with Gasteiger partial charge in [-0.25, -0.2) is 18.7 Å². The monoisotopic (exact) mass is 511 g/mol.